The monoisotopic (exact) mass is 1620 g/mol. The van der Waals surface area contributed by atoms with Gasteiger partial charge in [0.1, 0.15) is 36.7 Å². The zero-order valence-corrected chi connectivity index (χ0v) is 61.2. The van der Waals surface area contributed by atoms with Crippen LogP contribution >= 0.6 is 23.2 Å². The standard InChI is InChI=1S/C58H50Cl2N16O24S6/c1-93-101(81,82)31-11-17-39(103(85,86)95-3)37(25-31)67-55-69-53(71-57(73-55)75-23-7-9-29(27-75)51(77)78)63-21-19-61-35-15-13-33-45(49(35)105(89,90)97-5)99-47-41(59)44-48(42(60)43(47)65-33)100-46-34(66-44)14-16-36(50(46)106(91,92)98-6)62-20-22-64-54-70-56(74-58(72-54)76-24-8-10-30(28-76)52(79)80)68-38-26-32(102(83,84)94-2)12-18-40(38)104(87,88)96-4/h7-18,23-28H,19-22H2,1-6H3,(H6-2,61,62,63,64,65,66,67,68,69,70,71,72,73,74,77,78,79,80)/p+2. The number of carboxylic acid groups (broad SMARTS) is 2. The van der Waals surface area contributed by atoms with Gasteiger partial charge >= 0.3 is 67.9 Å². The largest absolute Gasteiger partial charge is 0.478 e. The average molecular weight is 1620 g/mol. The number of rotatable bonds is 29. The van der Waals surface area contributed by atoms with Crippen LogP contribution in [-0.4, -0.2) is 176 Å². The first-order valence-electron chi connectivity index (χ1n) is 29.5. The Labute approximate surface area is 610 Å². The molecule has 0 spiro atoms. The molecule has 0 radical (unpaired) electrons. The van der Waals surface area contributed by atoms with Crippen LogP contribution < -0.4 is 51.1 Å². The maximum Gasteiger partial charge on any atom is 0.444 e. The van der Waals surface area contributed by atoms with Crippen LogP contribution in [0, 0.1) is 0 Å². The Kier molecular flexibility index (Phi) is 21.7. The molecule has 0 saturated heterocycles. The van der Waals surface area contributed by atoms with Crippen LogP contribution in [0.2, 0.25) is 10.0 Å². The van der Waals surface area contributed by atoms with E-state index >= 15 is 0 Å². The molecule has 4 aromatic heterocycles. The third-order valence-corrected chi connectivity index (χ3v) is 23.5. The van der Waals surface area contributed by atoms with Crippen LogP contribution in [0.4, 0.5) is 52.2 Å². The highest BCUT2D eigenvalue weighted by atomic mass is 35.5. The fourth-order valence-corrected chi connectivity index (χ4v) is 15.2. The molecule has 3 aliphatic rings. The lowest BCUT2D eigenvalue weighted by Gasteiger charge is -2.27. The lowest BCUT2D eigenvalue weighted by Crippen LogP contribution is -2.34. The fraction of sp³-hybridized carbons (Fsp3) is 0.172. The van der Waals surface area contributed by atoms with E-state index in [0.717, 1.165) is 91.5 Å². The van der Waals surface area contributed by atoms with Crippen molar-refractivity contribution in [2.75, 3.05) is 101 Å². The third-order valence-electron chi connectivity index (χ3n) is 14.9. The number of hydrogen-bond acceptors (Lipinski definition) is 36. The van der Waals surface area contributed by atoms with Crippen molar-refractivity contribution in [3.8, 4) is 34.8 Å². The minimum atomic E-state index is -4.79. The molecule has 1 aliphatic carbocycles. The lowest BCUT2D eigenvalue weighted by molar-refractivity contribution is -0.604. The maximum atomic E-state index is 14.0. The Bertz CT molecular complexity index is 6050. The molecule has 8 N–H and O–H groups in total. The lowest BCUT2D eigenvalue weighted by atomic mass is 10.1. The number of carbonyl (C=O) groups is 2. The number of carboxylic acids is 2. The quantitative estimate of drug-likeness (QED) is 0.0139. The van der Waals surface area contributed by atoms with E-state index in [-0.39, 0.29) is 122 Å². The first kappa shape index (κ1) is 76.5. The molecule has 0 amide bonds. The number of pyridine rings is 2. The van der Waals surface area contributed by atoms with Gasteiger partial charge in [0.15, 0.2) is 32.6 Å². The molecule has 4 aromatic carbocycles. The second kappa shape index (κ2) is 30.1. The molecular formula is C58H52Cl2N16O24S6+2. The van der Waals surface area contributed by atoms with Gasteiger partial charge in [-0.3, -0.25) is 30.1 Å². The zero-order valence-electron chi connectivity index (χ0n) is 54.8. The molecule has 8 aromatic rings. The number of hydrogen-bond donors (Lipinski definition) is 8. The highest BCUT2D eigenvalue weighted by Crippen LogP contribution is 2.55. The summed E-state index contributed by atoms with van der Waals surface area (Å²) in [6.07, 6.45) is 5.08. The van der Waals surface area contributed by atoms with Gasteiger partial charge in [0.25, 0.3) is 40.5 Å². The predicted octanol–water partition coefficient (Wildman–Crippen LogP) is 4.44. The van der Waals surface area contributed by atoms with Gasteiger partial charge in [0.2, 0.25) is 0 Å². The second-order valence-corrected chi connectivity index (χ2v) is 32.0. The topological polar surface area (TPSA) is 540 Å². The van der Waals surface area contributed by atoms with Crippen molar-refractivity contribution >= 4 is 159 Å². The number of nitrogens with one attached hydrogen (secondary N) is 6. The Hall–Kier alpha value is -10.6. The number of fused-ring (bicyclic) bond motifs is 4. The van der Waals surface area contributed by atoms with Gasteiger partial charge in [-0.2, -0.15) is 50.5 Å². The Morgan fingerprint density at radius 2 is 1.00 bits per heavy atom. The van der Waals surface area contributed by atoms with Crippen molar-refractivity contribution in [3.05, 3.63) is 136 Å². The Balaban J connectivity index is 0.884. The van der Waals surface area contributed by atoms with Gasteiger partial charge in [-0.15, -0.1) is 9.97 Å². The van der Waals surface area contributed by atoms with Crippen molar-refractivity contribution in [1.82, 2.24) is 34.9 Å². The van der Waals surface area contributed by atoms with E-state index in [1.807, 2.05) is 0 Å². The molecule has 6 heterocycles. The second-order valence-electron chi connectivity index (χ2n) is 21.2. The van der Waals surface area contributed by atoms with Crippen LogP contribution in [-0.2, 0) is 85.8 Å². The maximum absolute atomic E-state index is 14.0. The van der Waals surface area contributed by atoms with Crippen LogP contribution in [0.25, 0.3) is 34.5 Å². The Morgan fingerprint density at radius 1 is 0.519 bits per heavy atom. The van der Waals surface area contributed by atoms with E-state index in [1.54, 1.807) is 0 Å². The summed E-state index contributed by atoms with van der Waals surface area (Å²) in [5, 5.41) is 35.7. The van der Waals surface area contributed by atoms with Gasteiger partial charge < -0.3 is 51.3 Å². The number of nitrogens with zero attached hydrogens (tertiary/aromatic N) is 10. The Morgan fingerprint density at radius 3 is 1.50 bits per heavy atom. The fourth-order valence-electron chi connectivity index (χ4n) is 9.88. The van der Waals surface area contributed by atoms with Crippen molar-refractivity contribution < 1.29 is 114 Å². The molecule has 0 unspecified atom stereocenters. The number of anilines is 9. The predicted molar refractivity (Wildman–Crippen MR) is 368 cm³/mol. The van der Waals surface area contributed by atoms with E-state index in [9.17, 15) is 70.3 Å². The molecule has 0 fully saturated rings. The summed E-state index contributed by atoms with van der Waals surface area (Å²) < 4.78 is 203. The summed E-state index contributed by atoms with van der Waals surface area (Å²) >= 11 is 14.1. The van der Waals surface area contributed by atoms with Crippen LogP contribution in [0.5, 0.6) is 11.5 Å². The molecule has 2 aliphatic heterocycles. The number of ether oxygens (including phenoxy) is 1. The van der Waals surface area contributed by atoms with Crippen molar-refractivity contribution in [3.63, 3.8) is 0 Å². The van der Waals surface area contributed by atoms with E-state index in [0.29, 0.717) is 0 Å². The normalized spacial score (nSPS) is 12.8. The minimum absolute atomic E-state index is 0.0340. The molecule has 0 saturated carbocycles. The minimum Gasteiger partial charge on any atom is -0.478 e. The summed E-state index contributed by atoms with van der Waals surface area (Å²) in [5.41, 5.74) is -2.19. The summed E-state index contributed by atoms with van der Waals surface area (Å²) in [6, 6.07) is 16.2. The molecule has 106 heavy (non-hydrogen) atoms. The molecule has 556 valence electrons. The average Bonchev–Trinajstić information content (AvgIpc) is 0.721. The smallest absolute Gasteiger partial charge is 0.444 e. The summed E-state index contributed by atoms with van der Waals surface area (Å²) in [5.74, 6) is -5.60. The molecular weight excluding hydrogens is 1570 g/mol. The molecule has 0 bridgehead atoms. The SMILES string of the molecule is COS(=O)(=O)c1ccc(S(=O)(=O)OC)c(Nc2nc(NCCN=c3ccc4nc5c(Cl)c6c(c(Cl)c5oc-4c3S(=O)(=O)OC)Nc3ccc(NCCNc4nc(Nc5cc(S(=O)(=O)OC)ccc5S(=O)(=O)OC)nc(-[n+]5cccc(C(=O)O)c5)n4)c(S(=O)(=O)OC)c3O6)nc(-[n+]3cccc(C(=O)O)c3)n2)c1. The van der Waals surface area contributed by atoms with Crippen molar-refractivity contribution in [1.29, 1.82) is 0 Å². The van der Waals surface area contributed by atoms with Gasteiger partial charge in [0, 0.05) is 19.6 Å². The molecule has 48 heteroatoms. The van der Waals surface area contributed by atoms with Gasteiger partial charge in [-0.1, -0.05) is 23.2 Å². The van der Waals surface area contributed by atoms with Crippen LogP contribution in [0.3, 0.4) is 0 Å². The van der Waals surface area contributed by atoms with E-state index < -0.39 is 131 Å². The first-order chi connectivity index (χ1) is 50.2. The van der Waals surface area contributed by atoms with Gasteiger partial charge in [-0.05, 0) is 105 Å². The summed E-state index contributed by atoms with van der Waals surface area (Å²) in [7, 11) is -22.2. The molecule has 40 nitrogen and oxygen atoms in total. The van der Waals surface area contributed by atoms with Crippen molar-refractivity contribution in [2.24, 2.45) is 4.99 Å². The van der Waals surface area contributed by atoms with Crippen LogP contribution in [0.15, 0.2) is 148 Å². The number of benzene rings is 5. The third kappa shape index (κ3) is 15.7. The highest BCUT2D eigenvalue weighted by molar-refractivity contribution is 7.88. The molecule has 11 rings (SSSR count). The highest BCUT2D eigenvalue weighted by Gasteiger charge is 2.37. The van der Waals surface area contributed by atoms with E-state index in [1.165, 1.54) is 70.1 Å². The first-order valence-corrected chi connectivity index (χ1v) is 38.7. The number of halogens is 2. The zero-order chi connectivity index (χ0) is 76.6. The number of aromatic carboxylic acids is 2. The molecule has 0 atom stereocenters. The summed E-state index contributed by atoms with van der Waals surface area (Å²) in [4.78, 5) is 55.7. The van der Waals surface area contributed by atoms with E-state index in [2.05, 4.69) is 80.1 Å². The van der Waals surface area contributed by atoms with Crippen LogP contribution in [0.1, 0.15) is 20.7 Å². The van der Waals surface area contributed by atoms with Gasteiger partial charge in [0.05, 0.1) is 123 Å². The van der Waals surface area contributed by atoms with Crippen molar-refractivity contribution in [2.45, 2.75) is 29.4 Å². The summed E-state index contributed by atoms with van der Waals surface area (Å²) in [6.45, 7) is -0.818. The van der Waals surface area contributed by atoms with Gasteiger partial charge in [-0.25, -0.2) is 23.7 Å². The number of aromatic nitrogens is 9. The van der Waals surface area contributed by atoms with E-state index in [4.69, 9.17) is 49.1 Å².